The van der Waals surface area contributed by atoms with Crippen LogP contribution in [0.25, 0.3) is 0 Å². The molecule has 0 aromatic heterocycles. The Balaban J connectivity index is 3.01. The third-order valence-corrected chi connectivity index (χ3v) is 1.64. The highest BCUT2D eigenvalue weighted by Gasteiger charge is 2.16. The largest absolute Gasteiger partial charge is 0.508 e. The van der Waals surface area contributed by atoms with Crippen LogP contribution in [0.15, 0.2) is 24.3 Å². The van der Waals surface area contributed by atoms with Crippen LogP contribution in [0.4, 0.5) is 0 Å². The van der Waals surface area contributed by atoms with Crippen molar-refractivity contribution in [3.8, 4) is 11.8 Å². The quantitative estimate of drug-likeness (QED) is 0.687. The topological polar surface area (TPSA) is 87.1 Å². The summed E-state index contributed by atoms with van der Waals surface area (Å²) in [4.78, 5) is 10.8. The lowest BCUT2D eigenvalue weighted by atomic mass is 10.0. The molecule has 0 saturated heterocycles. The molecule has 4 heteroatoms. The molecule has 3 N–H and O–H groups in total. The number of phenols is 1. The maximum atomic E-state index is 10.8. The summed E-state index contributed by atoms with van der Waals surface area (Å²) in [5.74, 6) is -1.54. The van der Waals surface area contributed by atoms with Crippen molar-refractivity contribution >= 4 is 5.91 Å². The summed E-state index contributed by atoms with van der Waals surface area (Å²) in [6, 6.07) is 7.58. The van der Waals surface area contributed by atoms with Crippen LogP contribution >= 0.6 is 0 Å². The zero-order valence-electron chi connectivity index (χ0n) is 6.77. The Hall–Kier alpha value is -2.02. The molecule has 1 aromatic rings. The maximum absolute atomic E-state index is 10.8. The van der Waals surface area contributed by atoms with Gasteiger partial charge in [0.1, 0.15) is 11.7 Å². The van der Waals surface area contributed by atoms with Gasteiger partial charge in [0.25, 0.3) is 0 Å². The SMILES string of the molecule is N#CC(C(N)=O)c1ccc(O)cc1. The van der Waals surface area contributed by atoms with Gasteiger partial charge in [-0.3, -0.25) is 4.79 Å². The monoisotopic (exact) mass is 176 g/mol. The molecule has 1 atom stereocenters. The Morgan fingerprint density at radius 2 is 2.00 bits per heavy atom. The zero-order valence-corrected chi connectivity index (χ0v) is 6.77. The van der Waals surface area contributed by atoms with Crippen molar-refractivity contribution in [2.45, 2.75) is 5.92 Å². The molecule has 4 nitrogen and oxygen atoms in total. The van der Waals surface area contributed by atoms with Gasteiger partial charge in [-0.2, -0.15) is 5.26 Å². The minimum Gasteiger partial charge on any atom is -0.508 e. The van der Waals surface area contributed by atoms with E-state index in [1.165, 1.54) is 24.3 Å². The van der Waals surface area contributed by atoms with Crippen LogP contribution in [-0.2, 0) is 4.79 Å². The van der Waals surface area contributed by atoms with E-state index in [0.717, 1.165) is 0 Å². The maximum Gasteiger partial charge on any atom is 0.239 e. The van der Waals surface area contributed by atoms with Gasteiger partial charge in [-0.05, 0) is 17.7 Å². The number of benzene rings is 1. The van der Waals surface area contributed by atoms with Gasteiger partial charge < -0.3 is 10.8 Å². The molecule has 0 saturated carbocycles. The molecule has 0 bridgehead atoms. The fourth-order valence-corrected chi connectivity index (χ4v) is 0.969. The second kappa shape index (κ2) is 3.59. The third kappa shape index (κ3) is 1.97. The van der Waals surface area contributed by atoms with Crippen LogP contribution in [0.3, 0.4) is 0 Å². The number of amides is 1. The van der Waals surface area contributed by atoms with Gasteiger partial charge >= 0.3 is 0 Å². The Morgan fingerprint density at radius 3 is 2.38 bits per heavy atom. The van der Waals surface area contributed by atoms with E-state index >= 15 is 0 Å². The number of carbonyl (C=O) groups excluding carboxylic acids is 1. The third-order valence-electron chi connectivity index (χ3n) is 1.64. The summed E-state index contributed by atoms with van der Waals surface area (Å²) in [5.41, 5.74) is 5.49. The fraction of sp³-hybridized carbons (Fsp3) is 0.111. The normalized spacial score (nSPS) is 11.6. The lowest BCUT2D eigenvalue weighted by molar-refractivity contribution is -0.118. The summed E-state index contributed by atoms with van der Waals surface area (Å²) in [5, 5.41) is 17.6. The molecule has 0 fully saturated rings. The van der Waals surface area contributed by atoms with Crippen molar-refractivity contribution < 1.29 is 9.90 Å². The summed E-state index contributed by atoms with van der Waals surface area (Å²) in [6.07, 6.45) is 0. The van der Waals surface area contributed by atoms with Gasteiger partial charge in [0.05, 0.1) is 6.07 Å². The van der Waals surface area contributed by atoms with E-state index in [-0.39, 0.29) is 5.75 Å². The number of carbonyl (C=O) groups is 1. The number of rotatable bonds is 2. The number of aromatic hydroxyl groups is 1. The summed E-state index contributed by atoms with van der Waals surface area (Å²) in [7, 11) is 0. The van der Waals surface area contributed by atoms with Crippen molar-refractivity contribution in [1.82, 2.24) is 0 Å². The highest BCUT2D eigenvalue weighted by Crippen LogP contribution is 2.17. The average molecular weight is 176 g/mol. The molecule has 1 rings (SSSR count). The lowest BCUT2D eigenvalue weighted by Gasteiger charge is -2.03. The molecule has 0 aliphatic carbocycles. The first-order valence-corrected chi connectivity index (χ1v) is 3.63. The second-order valence-electron chi connectivity index (χ2n) is 2.56. The van der Waals surface area contributed by atoms with Gasteiger partial charge in [-0.1, -0.05) is 12.1 Å². The summed E-state index contributed by atoms with van der Waals surface area (Å²) >= 11 is 0. The lowest BCUT2D eigenvalue weighted by Crippen LogP contribution is -2.19. The molecule has 1 aromatic carbocycles. The average Bonchev–Trinajstić information content (AvgIpc) is 2.09. The first-order valence-electron chi connectivity index (χ1n) is 3.63. The Labute approximate surface area is 75.2 Å². The highest BCUT2D eigenvalue weighted by atomic mass is 16.3. The van der Waals surface area contributed by atoms with Crippen LogP contribution in [-0.4, -0.2) is 11.0 Å². The first-order chi connectivity index (χ1) is 6.15. The molecule has 13 heavy (non-hydrogen) atoms. The number of hydrogen-bond donors (Lipinski definition) is 2. The smallest absolute Gasteiger partial charge is 0.239 e. The Bertz CT molecular complexity index is 351. The predicted molar refractivity (Wildman–Crippen MR) is 45.7 cm³/mol. The molecule has 0 aliphatic rings. The van der Waals surface area contributed by atoms with E-state index in [0.29, 0.717) is 5.56 Å². The zero-order chi connectivity index (χ0) is 9.84. The molecule has 1 amide bonds. The number of nitrogens with two attached hydrogens (primary N) is 1. The van der Waals surface area contributed by atoms with Crippen LogP contribution in [0.2, 0.25) is 0 Å². The van der Waals surface area contributed by atoms with Crippen LogP contribution in [0.1, 0.15) is 11.5 Å². The van der Waals surface area contributed by atoms with E-state index in [1.807, 2.05) is 0 Å². The predicted octanol–water partition coefficient (Wildman–Crippen LogP) is 0.485. The molecule has 0 aliphatic heterocycles. The van der Waals surface area contributed by atoms with Gasteiger partial charge in [0.15, 0.2) is 0 Å². The number of nitrogens with zero attached hydrogens (tertiary/aromatic N) is 1. The molecule has 0 heterocycles. The van der Waals surface area contributed by atoms with E-state index in [1.54, 1.807) is 6.07 Å². The Morgan fingerprint density at radius 1 is 1.46 bits per heavy atom. The number of nitriles is 1. The van der Waals surface area contributed by atoms with Crippen molar-refractivity contribution in [2.24, 2.45) is 5.73 Å². The molecule has 1 unspecified atom stereocenters. The number of phenolic OH excluding ortho intramolecular Hbond substituents is 1. The first kappa shape index (κ1) is 9.07. The van der Waals surface area contributed by atoms with Crippen molar-refractivity contribution in [2.75, 3.05) is 0 Å². The fourth-order valence-electron chi connectivity index (χ4n) is 0.969. The molecule has 0 spiro atoms. The van der Waals surface area contributed by atoms with Crippen LogP contribution in [0, 0.1) is 11.3 Å². The number of primary amides is 1. The van der Waals surface area contributed by atoms with Gasteiger partial charge in [-0.25, -0.2) is 0 Å². The minimum absolute atomic E-state index is 0.0879. The van der Waals surface area contributed by atoms with Gasteiger partial charge in [-0.15, -0.1) is 0 Å². The van der Waals surface area contributed by atoms with Crippen molar-refractivity contribution in [1.29, 1.82) is 5.26 Å². The summed E-state index contributed by atoms with van der Waals surface area (Å²) in [6.45, 7) is 0. The van der Waals surface area contributed by atoms with E-state index in [9.17, 15) is 4.79 Å². The number of hydrogen-bond acceptors (Lipinski definition) is 3. The molecular formula is C9H8N2O2. The van der Waals surface area contributed by atoms with Crippen molar-refractivity contribution in [3.63, 3.8) is 0 Å². The van der Waals surface area contributed by atoms with E-state index in [4.69, 9.17) is 16.1 Å². The van der Waals surface area contributed by atoms with E-state index < -0.39 is 11.8 Å². The van der Waals surface area contributed by atoms with Gasteiger partial charge in [0, 0.05) is 0 Å². The molecule has 66 valence electrons. The second-order valence-corrected chi connectivity index (χ2v) is 2.56. The molecule has 0 radical (unpaired) electrons. The Kier molecular flexibility index (Phi) is 2.50. The highest BCUT2D eigenvalue weighted by molar-refractivity contribution is 5.84. The van der Waals surface area contributed by atoms with Crippen molar-refractivity contribution in [3.05, 3.63) is 29.8 Å². The molecular weight excluding hydrogens is 168 g/mol. The van der Waals surface area contributed by atoms with Crippen LogP contribution < -0.4 is 5.73 Å². The van der Waals surface area contributed by atoms with Gasteiger partial charge in [0.2, 0.25) is 5.91 Å². The summed E-state index contributed by atoms with van der Waals surface area (Å²) < 4.78 is 0. The van der Waals surface area contributed by atoms with Crippen LogP contribution in [0.5, 0.6) is 5.75 Å². The standard InChI is InChI=1S/C9H8N2O2/c10-5-8(9(11)13)6-1-3-7(12)4-2-6/h1-4,8,12H,(H2,11,13). The van der Waals surface area contributed by atoms with E-state index in [2.05, 4.69) is 0 Å². The minimum atomic E-state index is -0.944.